The summed E-state index contributed by atoms with van der Waals surface area (Å²) in [5.74, 6) is 0. The van der Waals surface area contributed by atoms with Crippen LogP contribution in [0.25, 0.3) is 0 Å². The van der Waals surface area contributed by atoms with Crippen LogP contribution < -0.4 is 0 Å². The molecule has 4 radical (unpaired) electrons. The first-order valence-corrected chi connectivity index (χ1v) is 6.14. The average Bonchev–Trinajstić information content (AvgIpc) is 2.01. The van der Waals surface area contributed by atoms with Crippen LogP contribution in [0.5, 0.6) is 0 Å². The van der Waals surface area contributed by atoms with Gasteiger partial charge in [0.1, 0.15) is 0 Å². The van der Waals surface area contributed by atoms with Crippen molar-refractivity contribution in [2.75, 3.05) is 6.26 Å². The van der Waals surface area contributed by atoms with Gasteiger partial charge in [-0.05, 0) is 0 Å². The molecule has 0 unspecified atom stereocenters. The van der Waals surface area contributed by atoms with Crippen molar-refractivity contribution in [3.05, 3.63) is 13.8 Å². The van der Waals surface area contributed by atoms with Gasteiger partial charge in [0.2, 0.25) is 0 Å². The van der Waals surface area contributed by atoms with E-state index in [1.165, 1.54) is 12.8 Å². The molecule has 0 amide bonds. The van der Waals surface area contributed by atoms with Crippen molar-refractivity contribution in [2.45, 2.75) is 39.5 Å². The molecule has 0 fully saturated rings. The molecule has 92 valence electrons. The summed E-state index contributed by atoms with van der Waals surface area (Å²) < 4.78 is 27.2. The summed E-state index contributed by atoms with van der Waals surface area (Å²) in [7, 11) is -3.92. The van der Waals surface area contributed by atoms with E-state index in [0.717, 1.165) is 12.8 Å². The van der Waals surface area contributed by atoms with Gasteiger partial charge in [-0.1, -0.05) is 53.4 Å². The molecule has 0 aliphatic carbocycles. The molecule has 0 aliphatic rings. The van der Waals surface area contributed by atoms with Crippen molar-refractivity contribution in [2.24, 2.45) is 0 Å². The first kappa shape index (κ1) is 29.6. The topological polar surface area (TPSA) is 87.2 Å². The molecule has 0 saturated heterocycles. The van der Waals surface area contributed by atoms with Crippen LogP contribution in [0.3, 0.4) is 0 Å². The second kappa shape index (κ2) is 24.1. The third-order valence-corrected chi connectivity index (χ3v) is 0.707. The maximum absolute atomic E-state index is 9.08. The van der Waals surface area contributed by atoms with E-state index in [1.54, 1.807) is 0 Å². The Kier molecular flexibility index (Phi) is 47.5. The molecule has 0 spiro atoms. The van der Waals surface area contributed by atoms with Gasteiger partial charge in [0.15, 0.2) is 0 Å². The molecule has 0 rings (SSSR count). The summed E-state index contributed by atoms with van der Waals surface area (Å²) in [6.45, 7) is 11.4. The van der Waals surface area contributed by atoms with Gasteiger partial charge in [0.25, 0.3) is 0 Å². The summed E-state index contributed by atoms with van der Waals surface area (Å²) in [5.41, 5.74) is 0. The van der Waals surface area contributed by atoms with E-state index < -0.39 is 10.1 Å². The predicted octanol–water partition coefficient (Wildman–Crippen LogP) is 1.84. The van der Waals surface area contributed by atoms with E-state index in [-0.39, 0.29) is 29.4 Å². The molecule has 0 aromatic rings. The number of hydrogen-bond donors (Lipinski definition) is 0. The Balaban J connectivity index is -0.0000000315. The molecule has 0 atom stereocenters. The third kappa shape index (κ3) is 331. The van der Waals surface area contributed by atoms with E-state index >= 15 is 0 Å². The van der Waals surface area contributed by atoms with E-state index in [9.17, 15) is 0 Å². The maximum Gasteiger partial charge on any atom is 2.00 e. The Bertz CT molecular complexity index is 141. The van der Waals surface area contributed by atoms with Crippen molar-refractivity contribution >= 4 is 34.0 Å². The second-order valence-electron chi connectivity index (χ2n) is 2.41. The van der Waals surface area contributed by atoms with Crippen LogP contribution in [-0.2, 0) is 10.1 Å². The molecule has 0 aromatic carbocycles. The summed E-state index contributed by atoms with van der Waals surface area (Å²) in [6.07, 6.45) is 5.16. The average molecular weight is 345 g/mol. The van der Waals surface area contributed by atoms with Gasteiger partial charge in [-0.3, -0.25) is 0 Å². The third-order valence-electron chi connectivity index (χ3n) is 0.707. The molecule has 4 nitrogen and oxygen atoms in total. The monoisotopic (exact) mass is 346 g/mol. The molecule has 1 N–H and O–H groups in total. The van der Waals surface area contributed by atoms with Crippen molar-refractivity contribution in [1.82, 2.24) is 0 Å². The number of hydrogen-bond acceptors (Lipinski definition) is 4. The maximum atomic E-state index is 9.08. The summed E-state index contributed by atoms with van der Waals surface area (Å²) in [5, 5.41) is 0. The molecule has 0 heterocycles. The smallest absolute Gasteiger partial charge is 0.870 e. The van der Waals surface area contributed by atoms with E-state index in [2.05, 4.69) is 27.7 Å². The first-order valence-electron chi connectivity index (χ1n) is 4.32. The minimum Gasteiger partial charge on any atom is -0.870 e. The fourth-order valence-electron chi connectivity index (χ4n) is 0. The number of rotatable bonds is 2. The summed E-state index contributed by atoms with van der Waals surface area (Å²) in [4.78, 5) is 0. The van der Waals surface area contributed by atoms with Gasteiger partial charge in [0, 0.05) is 6.26 Å². The zero-order chi connectivity index (χ0) is 11.3. The minimum atomic E-state index is -3.92. The van der Waals surface area contributed by atoms with Gasteiger partial charge in [-0.15, -0.1) is 0 Å². The Morgan fingerprint density at radius 3 is 1.13 bits per heavy atom. The zero-order valence-corrected chi connectivity index (χ0v) is 13.5. The van der Waals surface area contributed by atoms with Gasteiger partial charge in [0.05, 0.1) is 10.1 Å². The van der Waals surface area contributed by atoms with E-state index in [1.807, 2.05) is 0 Å². The normalized spacial score (nSPS) is 7.87. The van der Waals surface area contributed by atoms with Gasteiger partial charge < -0.3 is 10.0 Å². The molecule has 0 aromatic heterocycles. The Hall–Kier alpha value is 0.669. The van der Waals surface area contributed by atoms with E-state index in [4.69, 9.17) is 13.0 Å². The Morgan fingerprint density at radius 1 is 1.07 bits per heavy atom. The fourth-order valence-corrected chi connectivity index (χ4v) is 0. The predicted molar refractivity (Wildman–Crippen MR) is 63.8 cm³/mol. The van der Waals surface area contributed by atoms with Crippen LogP contribution in [0.4, 0.5) is 0 Å². The van der Waals surface area contributed by atoms with Crippen LogP contribution in [0.2, 0.25) is 0 Å². The summed E-state index contributed by atoms with van der Waals surface area (Å²) in [6, 6.07) is 0. The van der Waals surface area contributed by atoms with Crippen LogP contribution in [0, 0.1) is 13.8 Å². The van der Waals surface area contributed by atoms with Crippen LogP contribution in [0.1, 0.15) is 39.5 Å². The quantitative estimate of drug-likeness (QED) is 0.564. The molecule has 15 heavy (non-hydrogen) atoms. The van der Waals surface area contributed by atoms with Crippen LogP contribution in [-0.4, -0.2) is 48.6 Å². The van der Waals surface area contributed by atoms with Crippen molar-refractivity contribution in [1.29, 1.82) is 0 Å². The molecule has 0 aliphatic heterocycles. The van der Waals surface area contributed by atoms with Gasteiger partial charge in [-0.25, -0.2) is 8.42 Å². The van der Waals surface area contributed by atoms with Crippen LogP contribution >= 0.6 is 0 Å². The molecule has 0 bridgehead atoms. The summed E-state index contributed by atoms with van der Waals surface area (Å²) >= 11 is 0. The molecule has 6 heteroatoms. The SMILES string of the molecule is CS(=O)(=O)[O-].[CH2]CCC.[CH2]CCC.[OH-].[Sn+2]. The first-order chi connectivity index (χ1) is 5.83. The standard InChI is InChI=1S/2C4H9.CH4O3S.H2O.Sn/c2*1-3-4-2;1-5(2,3)4;;/h2*1,3-4H2,2H3;1H3,(H,2,3,4);1H2;/q;;;;+2/p-2. The second-order valence-corrected chi connectivity index (χ2v) is 3.82. The van der Waals surface area contributed by atoms with Crippen molar-refractivity contribution in [3.63, 3.8) is 0 Å². The molecular weight excluding hydrogens is 323 g/mol. The number of unbranched alkanes of at least 4 members (excludes halogenated alkanes) is 2. The fraction of sp³-hybridized carbons (Fsp3) is 0.778. The Morgan fingerprint density at radius 2 is 1.13 bits per heavy atom. The zero-order valence-electron chi connectivity index (χ0n) is 9.82. The largest absolute Gasteiger partial charge is 2.00 e. The van der Waals surface area contributed by atoms with Gasteiger partial charge in [-0.2, -0.15) is 0 Å². The van der Waals surface area contributed by atoms with Crippen molar-refractivity contribution < 1.29 is 18.4 Å². The van der Waals surface area contributed by atoms with E-state index in [0.29, 0.717) is 6.26 Å². The van der Waals surface area contributed by atoms with Gasteiger partial charge >= 0.3 is 23.9 Å². The van der Waals surface area contributed by atoms with Crippen LogP contribution in [0.15, 0.2) is 0 Å². The van der Waals surface area contributed by atoms with Crippen molar-refractivity contribution in [3.8, 4) is 0 Å². The minimum absolute atomic E-state index is 0. The Labute approximate surface area is 112 Å². The molecule has 0 saturated carbocycles. The molecular formula is C9H22O4SSn.